The molecule has 0 aliphatic heterocycles. The molecule has 4 heteroatoms. The Bertz CT molecular complexity index is 761. The van der Waals surface area contributed by atoms with Crippen LogP contribution in [0.2, 0.25) is 0 Å². The Hall–Kier alpha value is -1.65. The number of anilines is 1. The zero-order chi connectivity index (χ0) is 14.1. The summed E-state index contributed by atoms with van der Waals surface area (Å²) in [6.07, 6.45) is 0. The maximum atomic E-state index is 12.3. The zero-order valence-corrected chi connectivity index (χ0v) is 13.2. The predicted molar refractivity (Wildman–Crippen MR) is 88.7 cm³/mol. The van der Waals surface area contributed by atoms with E-state index in [0.29, 0.717) is 0 Å². The van der Waals surface area contributed by atoms with Crippen LogP contribution < -0.4 is 5.32 Å². The third-order valence-electron chi connectivity index (χ3n) is 3.02. The average molecular weight is 346 g/mol. The van der Waals surface area contributed by atoms with E-state index in [-0.39, 0.29) is 5.91 Å². The van der Waals surface area contributed by atoms with Crippen LogP contribution in [-0.2, 0) is 0 Å². The summed E-state index contributed by atoms with van der Waals surface area (Å²) in [4.78, 5) is 13.0. The maximum absolute atomic E-state index is 12.3. The fraction of sp³-hybridized carbons (Fsp3) is 0.0625. The highest BCUT2D eigenvalue weighted by Gasteiger charge is 2.11. The summed E-state index contributed by atoms with van der Waals surface area (Å²) in [7, 11) is 0. The monoisotopic (exact) mass is 345 g/mol. The lowest BCUT2D eigenvalue weighted by atomic mass is 10.2. The first-order valence-corrected chi connectivity index (χ1v) is 7.80. The lowest BCUT2D eigenvalue weighted by Crippen LogP contribution is -2.10. The Balaban J connectivity index is 1.90. The molecule has 0 radical (unpaired) electrons. The summed E-state index contributed by atoms with van der Waals surface area (Å²) in [5.41, 5.74) is 1.91. The quantitative estimate of drug-likeness (QED) is 0.677. The van der Waals surface area contributed by atoms with E-state index < -0.39 is 0 Å². The van der Waals surface area contributed by atoms with E-state index in [1.54, 1.807) is 0 Å². The number of aryl methyl sites for hydroxylation is 1. The van der Waals surface area contributed by atoms with Crippen molar-refractivity contribution in [2.24, 2.45) is 0 Å². The zero-order valence-electron chi connectivity index (χ0n) is 10.8. The van der Waals surface area contributed by atoms with Crippen LogP contribution >= 0.6 is 27.3 Å². The van der Waals surface area contributed by atoms with E-state index in [2.05, 4.69) is 21.2 Å². The number of thiophene rings is 1. The molecule has 3 rings (SSSR count). The molecular formula is C16H12BrNOS. The molecule has 0 saturated heterocycles. The molecule has 0 spiro atoms. The van der Waals surface area contributed by atoms with Crippen molar-refractivity contribution in [3.8, 4) is 0 Å². The first-order valence-electron chi connectivity index (χ1n) is 6.19. The van der Waals surface area contributed by atoms with Crippen LogP contribution in [0, 0.1) is 6.92 Å². The van der Waals surface area contributed by atoms with E-state index in [1.807, 2.05) is 55.5 Å². The molecule has 20 heavy (non-hydrogen) atoms. The minimum atomic E-state index is -0.0718. The van der Waals surface area contributed by atoms with Crippen LogP contribution in [0.4, 0.5) is 5.69 Å². The number of halogens is 1. The van der Waals surface area contributed by atoms with Crippen molar-refractivity contribution in [3.63, 3.8) is 0 Å². The highest BCUT2D eigenvalue weighted by molar-refractivity contribution is 9.10. The van der Waals surface area contributed by atoms with Crippen LogP contribution in [0.25, 0.3) is 10.1 Å². The molecule has 1 amide bonds. The second-order valence-corrected chi connectivity index (χ2v) is 6.52. The predicted octanol–water partition coefficient (Wildman–Crippen LogP) is 5.22. The molecule has 0 saturated carbocycles. The van der Waals surface area contributed by atoms with Gasteiger partial charge in [0.1, 0.15) is 0 Å². The normalized spacial score (nSPS) is 10.7. The Kier molecular flexibility index (Phi) is 3.59. The molecule has 1 aromatic heterocycles. The highest BCUT2D eigenvalue weighted by atomic mass is 79.9. The Labute approximate surface area is 129 Å². The lowest BCUT2D eigenvalue weighted by Gasteiger charge is -2.07. The standard InChI is InChI=1S/C16H12BrNOS/c1-10-6-7-12(17)13(8-10)18-16(19)15-9-11-4-2-3-5-14(11)20-15/h2-9H,1H3,(H,18,19). The molecule has 0 atom stereocenters. The number of hydrogen-bond acceptors (Lipinski definition) is 2. The Morgan fingerprint density at radius 1 is 1.15 bits per heavy atom. The van der Waals surface area contributed by atoms with Crippen molar-refractivity contribution in [2.75, 3.05) is 5.32 Å². The number of carbonyl (C=O) groups is 1. The molecule has 0 fully saturated rings. The summed E-state index contributed by atoms with van der Waals surface area (Å²) >= 11 is 4.96. The molecule has 0 bridgehead atoms. The van der Waals surface area contributed by atoms with Crippen molar-refractivity contribution in [2.45, 2.75) is 6.92 Å². The van der Waals surface area contributed by atoms with Gasteiger partial charge in [0.2, 0.25) is 0 Å². The summed E-state index contributed by atoms with van der Waals surface area (Å²) in [5.74, 6) is -0.0718. The number of amides is 1. The molecule has 0 aliphatic rings. The first-order chi connectivity index (χ1) is 9.63. The van der Waals surface area contributed by atoms with E-state index in [9.17, 15) is 4.79 Å². The first kappa shape index (κ1) is 13.3. The van der Waals surface area contributed by atoms with Crippen molar-refractivity contribution >= 4 is 48.9 Å². The number of benzene rings is 2. The van der Waals surface area contributed by atoms with E-state index in [4.69, 9.17) is 0 Å². The lowest BCUT2D eigenvalue weighted by molar-refractivity contribution is 0.103. The Morgan fingerprint density at radius 3 is 2.75 bits per heavy atom. The molecule has 3 aromatic rings. The van der Waals surface area contributed by atoms with Gasteiger partial charge in [-0.25, -0.2) is 0 Å². The van der Waals surface area contributed by atoms with Crippen molar-refractivity contribution in [3.05, 3.63) is 63.4 Å². The van der Waals surface area contributed by atoms with Gasteiger partial charge in [-0.1, -0.05) is 24.3 Å². The van der Waals surface area contributed by atoms with Crippen LogP contribution in [0.5, 0.6) is 0 Å². The summed E-state index contributed by atoms with van der Waals surface area (Å²) < 4.78 is 2.01. The third-order valence-corrected chi connectivity index (χ3v) is 4.83. The minimum Gasteiger partial charge on any atom is -0.320 e. The smallest absolute Gasteiger partial charge is 0.265 e. The Morgan fingerprint density at radius 2 is 1.95 bits per heavy atom. The van der Waals surface area contributed by atoms with Crippen LogP contribution in [0.15, 0.2) is 53.0 Å². The van der Waals surface area contributed by atoms with E-state index >= 15 is 0 Å². The van der Waals surface area contributed by atoms with Gasteiger partial charge in [-0.15, -0.1) is 11.3 Å². The molecule has 1 N–H and O–H groups in total. The molecule has 100 valence electrons. The van der Waals surface area contributed by atoms with Crippen molar-refractivity contribution < 1.29 is 4.79 Å². The van der Waals surface area contributed by atoms with Crippen molar-refractivity contribution in [1.82, 2.24) is 0 Å². The SMILES string of the molecule is Cc1ccc(Br)c(NC(=O)c2cc3ccccc3s2)c1. The van der Waals surface area contributed by atoms with Crippen molar-refractivity contribution in [1.29, 1.82) is 0 Å². The van der Waals surface area contributed by atoms with Gasteiger partial charge in [0.15, 0.2) is 0 Å². The van der Waals surface area contributed by atoms with Crippen LogP contribution in [0.1, 0.15) is 15.2 Å². The van der Waals surface area contributed by atoms with E-state index in [0.717, 1.165) is 30.7 Å². The third kappa shape index (κ3) is 2.62. The fourth-order valence-electron chi connectivity index (χ4n) is 2.01. The van der Waals surface area contributed by atoms with E-state index in [1.165, 1.54) is 11.3 Å². The topological polar surface area (TPSA) is 29.1 Å². The number of carbonyl (C=O) groups excluding carboxylic acids is 1. The van der Waals surface area contributed by atoms with Gasteiger partial charge in [-0.05, 0) is 58.1 Å². The summed E-state index contributed by atoms with van der Waals surface area (Å²) in [6.45, 7) is 2.00. The van der Waals surface area contributed by atoms with Crippen LogP contribution in [0.3, 0.4) is 0 Å². The highest BCUT2D eigenvalue weighted by Crippen LogP contribution is 2.28. The number of hydrogen-bond donors (Lipinski definition) is 1. The number of nitrogens with one attached hydrogen (secondary N) is 1. The van der Waals surface area contributed by atoms with Gasteiger partial charge in [0.25, 0.3) is 5.91 Å². The second kappa shape index (κ2) is 5.38. The number of fused-ring (bicyclic) bond motifs is 1. The van der Waals surface area contributed by atoms with Gasteiger partial charge in [0.05, 0.1) is 10.6 Å². The van der Waals surface area contributed by atoms with Gasteiger partial charge >= 0.3 is 0 Å². The minimum absolute atomic E-state index is 0.0718. The van der Waals surface area contributed by atoms with Gasteiger partial charge in [-0.2, -0.15) is 0 Å². The van der Waals surface area contributed by atoms with Gasteiger partial charge in [0, 0.05) is 9.17 Å². The molecule has 0 unspecified atom stereocenters. The maximum Gasteiger partial charge on any atom is 0.265 e. The van der Waals surface area contributed by atoms with Crippen LogP contribution in [-0.4, -0.2) is 5.91 Å². The molecule has 2 aromatic carbocycles. The van der Waals surface area contributed by atoms with Gasteiger partial charge < -0.3 is 5.32 Å². The molecule has 1 heterocycles. The average Bonchev–Trinajstić information content (AvgIpc) is 2.87. The second-order valence-electron chi connectivity index (χ2n) is 4.59. The number of rotatable bonds is 2. The molecule has 2 nitrogen and oxygen atoms in total. The summed E-state index contributed by atoms with van der Waals surface area (Å²) in [5, 5.41) is 4.06. The summed E-state index contributed by atoms with van der Waals surface area (Å²) in [6, 6.07) is 15.8. The van der Waals surface area contributed by atoms with Gasteiger partial charge in [-0.3, -0.25) is 4.79 Å². The fourth-order valence-corrected chi connectivity index (χ4v) is 3.32. The molecular weight excluding hydrogens is 334 g/mol. The molecule has 0 aliphatic carbocycles. The largest absolute Gasteiger partial charge is 0.320 e.